The van der Waals surface area contributed by atoms with Crippen LogP contribution in [0.1, 0.15) is 19.4 Å². The number of thiazole rings is 1. The zero-order valence-electron chi connectivity index (χ0n) is 8.82. The van der Waals surface area contributed by atoms with Crippen LogP contribution in [0.15, 0.2) is 35.2 Å². The molecular weight excluding hydrogens is 190 g/mol. The van der Waals surface area contributed by atoms with E-state index in [0.29, 0.717) is 0 Å². The molecule has 1 aromatic heterocycles. The van der Waals surface area contributed by atoms with Crippen molar-refractivity contribution < 1.29 is 0 Å². The fourth-order valence-corrected chi connectivity index (χ4v) is 1.64. The fraction of sp³-hybridized carbons (Fsp3) is 0.250. The highest BCUT2D eigenvalue weighted by molar-refractivity contribution is 7.07. The summed E-state index contributed by atoms with van der Waals surface area (Å²) in [5, 5.41) is 2.06. The van der Waals surface area contributed by atoms with Gasteiger partial charge in [-0.2, -0.15) is 0 Å². The van der Waals surface area contributed by atoms with Gasteiger partial charge in [0.25, 0.3) is 0 Å². The molecule has 0 fully saturated rings. The van der Waals surface area contributed by atoms with Crippen LogP contribution in [-0.4, -0.2) is 4.98 Å². The number of nitrogens with zero attached hydrogens (tertiary/aromatic N) is 1. The van der Waals surface area contributed by atoms with Gasteiger partial charge in [-0.15, -0.1) is 11.3 Å². The summed E-state index contributed by atoms with van der Waals surface area (Å²) in [5.41, 5.74) is 5.41. The number of hydrogen-bond acceptors (Lipinski definition) is 2. The Bertz CT molecular complexity index is 348. The van der Waals surface area contributed by atoms with Crippen LogP contribution < -0.4 is 0 Å². The first-order valence-corrected chi connectivity index (χ1v) is 5.76. The van der Waals surface area contributed by atoms with E-state index in [1.54, 1.807) is 11.3 Å². The summed E-state index contributed by atoms with van der Waals surface area (Å²) in [6, 6.07) is 8.41. The Hall–Kier alpha value is -1.15. The van der Waals surface area contributed by atoms with E-state index in [9.17, 15) is 0 Å². The molecule has 0 atom stereocenters. The summed E-state index contributed by atoms with van der Waals surface area (Å²) in [5.74, 6) is 0. The number of benzene rings is 1. The van der Waals surface area contributed by atoms with E-state index in [-0.39, 0.29) is 0 Å². The molecule has 0 spiro atoms. The van der Waals surface area contributed by atoms with Crippen molar-refractivity contribution >= 4 is 11.3 Å². The van der Waals surface area contributed by atoms with Gasteiger partial charge in [-0.25, -0.2) is 4.98 Å². The lowest BCUT2D eigenvalue weighted by Gasteiger charge is -1.95. The van der Waals surface area contributed by atoms with Gasteiger partial charge in [0.05, 0.1) is 11.2 Å². The minimum atomic E-state index is 1.07. The molecule has 2 rings (SSSR count). The van der Waals surface area contributed by atoms with Crippen molar-refractivity contribution in [2.45, 2.75) is 20.8 Å². The van der Waals surface area contributed by atoms with Crippen LogP contribution in [0.3, 0.4) is 0 Å². The van der Waals surface area contributed by atoms with Gasteiger partial charge in [0, 0.05) is 10.9 Å². The van der Waals surface area contributed by atoms with Crippen LogP contribution in [0.4, 0.5) is 0 Å². The minimum Gasteiger partial charge on any atom is -0.245 e. The second-order valence-corrected chi connectivity index (χ2v) is 3.46. The third kappa shape index (κ3) is 2.67. The normalized spacial score (nSPS) is 9.07. The lowest BCUT2D eigenvalue weighted by Crippen LogP contribution is -1.76. The lowest BCUT2D eigenvalue weighted by atomic mass is 10.1. The van der Waals surface area contributed by atoms with Gasteiger partial charge < -0.3 is 0 Å². The molecule has 1 aromatic carbocycles. The first-order valence-electron chi connectivity index (χ1n) is 4.81. The Balaban J connectivity index is 0.000000461. The van der Waals surface area contributed by atoms with Gasteiger partial charge in [0.15, 0.2) is 0 Å². The molecule has 0 unspecified atom stereocenters. The van der Waals surface area contributed by atoms with Gasteiger partial charge in [0.2, 0.25) is 0 Å². The number of aromatic nitrogens is 1. The van der Waals surface area contributed by atoms with Crippen molar-refractivity contribution in [3.8, 4) is 11.3 Å². The standard InChI is InChI=1S/C10H9NS.C2H6/c1-8-2-4-9(5-3-8)10-6-12-7-11-10;1-2/h2-7H,1H3;1-2H3. The summed E-state index contributed by atoms with van der Waals surface area (Å²) < 4.78 is 0. The van der Waals surface area contributed by atoms with Crippen molar-refractivity contribution in [3.05, 3.63) is 40.7 Å². The van der Waals surface area contributed by atoms with Crippen molar-refractivity contribution in [1.29, 1.82) is 0 Å². The van der Waals surface area contributed by atoms with E-state index in [1.807, 2.05) is 19.4 Å². The van der Waals surface area contributed by atoms with E-state index in [2.05, 4.69) is 41.6 Å². The van der Waals surface area contributed by atoms with Crippen molar-refractivity contribution in [3.63, 3.8) is 0 Å². The average molecular weight is 205 g/mol. The van der Waals surface area contributed by atoms with E-state index in [4.69, 9.17) is 0 Å². The summed E-state index contributed by atoms with van der Waals surface area (Å²) in [4.78, 5) is 4.23. The molecule has 74 valence electrons. The monoisotopic (exact) mass is 205 g/mol. The maximum atomic E-state index is 4.23. The van der Waals surface area contributed by atoms with Gasteiger partial charge in [-0.05, 0) is 6.92 Å². The summed E-state index contributed by atoms with van der Waals surface area (Å²) in [6.45, 7) is 6.09. The van der Waals surface area contributed by atoms with E-state index < -0.39 is 0 Å². The number of aryl methyl sites for hydroxylation is 1. The van der Waals surface area contributed by atoms with E-state index in [1.165, 1.54) is 11.1 Å². The summed E-state index contributed by atoms with van der Waals surface area (Å²) in [6.07, 6.45) is 0. The summed E-state index contributed by atoms with van der Waals surface area (Å²) in [7, 11) is 0. The molecule has 0 saturated carbocycles. The van der Waals surface area contributed by atoms with Crippen molar-refractivity contribution in [2.75, 3.05) is 0 Å². The molecule has 0 aliphatic carbocycles. The van der Waals surface area contributed by atoms with Gasteiger partial charge >= 0.3 is 0 Å². The maximum Gasteiger partial charge on any atom is 0.0811 e. The second kappa shape index (κ2) is 5.55. The third-order valence-electron chi connectivity index (χ3n) is 1.78. The van der Waals surface area contributed by atoms with Crippen LogP contribution in [-0.2, 0) is 0 Å². The smallest absolute Gasteiger partial charge is 0.0811 e. The highest BCUT2D eigenvalue weighted by Crippen LogP contribution is 2.18. The molecule has 0 radical (unpaired) electrons. The molecule has 0 aliphatic heterocycles. The second-order valence-electron chi connectivity index (χ2n) is 2.74. The van der Waals surface area contributed by atoms with Crippen LogP contribution in [0, 0.1) is 6.92 Å². The SMILES string of the molecule is CC.Cc1ccc(-c2cscn2)cc1. The number of rotatable bonds is 1. The van der Waals surface area contributed by atoms with Crippen LogP contribution in [0.25, 0.3) is 11.3 Å². The average Bonchev–Trinajstić information content (AvgIpc) is 2.75. The molecule has 0 saturated heterocycles. The first kappa shape index (κ1) is 10.9. The molecule has 14 heavy (non-hydrogen) atoms. The Labute approximate surface area is 89.4 Å². The fourth-order valence-electron chi connectivity index (χ4n) is 1.08. The Morgan fingerprint density at radius 2 is 1.71 bits per heavy atom. The number of hydrogen-bond donors (Lipinski definition) is 0. The Morgan fingerprint density at radius 3 is 2.21 bits per heavy atom. The molecule has 0 aliphatic rings. The highest BCUT2D eigenvalue weighted by atomic mass is 32.1. The minimum absolute atomic E-state index is 1.07. The highest BCUT2D eigenvalue weighted by Gasteiger charge is 1.96. The van der Waals surface area contributed by atoms with Crippen LogP contribution in [0.5, 0.6) is 0 Å². The zero-order valence-corrected chi connectivity index (χ0v) is 9.64. The molecule has 0 N–H and O–H groups in total. The molecule has 0 bridgehead atoms. The molecule has 2 heteroatoms. The van der Waals surface area contributed by atoms with Gasteiger partial charge in [-0.3, -0.25) is 0 Å². The van der Waals surface area contributed by atoms with Crippen LogP contribution in [0.2, 0.25) is 0 Å². The topological polar surface area (TPSA) is 12.9 Å². The van der Waals surface area contributed by atoms with Gasteiger partial charge in [-0.1, -0.05) is 43.7 Å². The van der Waals surface area contributed by atoms with Crippen LogP contribution >= 0.6 is 11.3 Å². The molecule has 0 amide bonds. The molecular formula is C12H15NS. The van der Waals surface area contributed by atoms with E-state index in [0.717, 1.165) is 5.69 Å². The van der Waals surface area contributed by atoms with Crippen molar-refractivity contribution in [2.24, 2.45) is 0 Å². The Morgan fingerprint density at radius 1 is 1.07 bits per heavy atom. The van der Waals surface area contributed by atoms with Gasteiger partial charge in [0.1, 0.15) is 0 Å². The summed E-state index contributed by atoms with van der Waals surface area (Å²) >= 11 is 1.63. The quantitative estimate of drug-likeness (QED) is 0.681. The molecule has 1 heterocycles. The molecule has 2 aromatic rings. The Kier molecular flexibility index (Phi) is 4.33. The largest absolute Gasteiger partial charge is 0.245 e. The first-order chi connectivity index (χ1) is 6.86. The molecule has 1 nitrogen and oxygen atoms in total. The zero-order chi connectivity index (χ0) is 10.4. The third-order valence-corrected chi connectivity index (χ3v) is 2.37. The van der Waals surface area contributed by atoms with Crippen molar-refractivity contribution in [1.82, 2.24) is 4.98 Å². The predicted molar refractivity (Wildman–Crippen MR) is 63.6 cm³/mol. The maximum absolute atomic E-state index is 4.23. The van der Waals surface area contributed by atoms with E-state index >= 15 is 0 Å². The lowest BCUT2D eigenvalue weighted by molar-refractivity contribution is 1.39. The predicted octanol–water partition coefficient (Wildman–Crippen LogP) is 4.14.